The molecule has 3 atom stereocenters. The number of H-pyrrole nitrogens is 1. The summed E-state index contributed by atoms with van der Waals surface area (Å²) in [5, 5.41) is 10.5. The molecule has 3 aliphatic rings. The Hall–Kier alpha value is -2.91. The van der Waals surface area contributed by atoms with Crippen LogP contribution in [0.5, 0.6) is 0 Å². The molecule has 1 aromatic carbocycles. The van der Waals surface area contributed by atoms with E-state index in [-0.39, 0.29) is 23.3 Å². The molecule has 2 unspecified atom stereocenters. The van der Waals surface area contributed by atoms with Crippen molar-refractivity contribution in [1.29, 1.82) is 0 Å². The maximum Gasteiger partial charge on any atom is 0.328 e. The van der Waals surface area contributed by atoms with E-state index in [0.29, 0.717) is 37.8 Å². The minimum absolute atomic E-state index is 0.0289. The van der Waals surface area contributed by atoms with Crippen molar-refractivity contribution in [2.24, 2.45) is 11.8 Å². The standard InChI is InChI=1S/C32H46N4O5/c1-40-31(39)28(17-23-19-32(33-21-41-20-23)14-8-3-9-15-32)36-29(37)26(16-22-10-4-2-5-11-22)35-30(38)27-18-24-12-6-7-13-25(24)34-27/h6-7,12-13,18,22-23,26,28,33-34H,2-5,8-11,14-17,19-21H2,1H3,(H,35,38)(H,36,37)/t23?,26-,28?/m0/s1. The van der Waals surface area contributed by atoms with Gasteiger partial charge in [0, 0.05) is 16.4 Å². The number of hydrogen-bond acceptors (Lipinski definition) is 6. The van der Waals surface area contributed by atoms with Gasteiger partial charge in [-0.15, -0.1) is 0 Å². The first-order valence-corrected chi connectivity index (χ1v) is 15.5. The number of esters is 1. The highest BCUT2D eigenvalue weighted by atomic mass is 16.5. The van der Waals surface area contributed by atoms with E-state index >= 15 is 0 Å². The molecule has 2 heterocycles. The first kappa shape index (κ1) is 29.6. The van der Waals surface area contributed by atoms with Gasteiger partial charge in [0.2, 0.25) is 5.91 Å². The van der Waals surface area contributed by atoms with E-state index in [1.807, 2.05) is 24.3 Å². The number of rotatable bonds is 9. The summed E-state index contributed by atoms with van der Waals surface area (Å²) in [6.45, 7) is 1.04. The Labute approximate surface area is 242 Å². The summed E-state index contributed by atoms with van der Waals surface area (Å²) in [5.41, 5.74) is 1.31. The molecule has 9 heteroatoms. The Morgan fingerprint density at radius 1 is 0.976 bits per heavy atom. The molecule has 9 nitrogen and oxygen atoms in total. The van der Waals surface area contributed by atoms with Crippen molar-refractivity contribution in [3.05, 3.63) is 36.0 Å². The van der Waals surface area contributed by atoms with Gasteiger partial charge < -0.3 is 25.1 Å². The van der Waals surface area contributed by atoms with Crippen LogP contribution in [0.2, 0.25) is 0 Å². The fraction of sp³-hybridized carbons (Fsp3) is 0.656. The molecular formula is C32H46N4O5. The number of hydrogen-bond donors (Lipinski definition) is 4. The molecule has 224 valence electrons. The average Bonchev–Trinajstić information content (AvgIpc) is 3.35. The van der Waals surface area contributed by atoms with E-state index < -0.39 is 18.1 Å². The minimum atomic E-state index is -0.807. The van der Waals surface area contributed by atoms with Crippen molar-refractivity contribution in [1.82, 2.24) is 20.9 Å². The Bertz CT molecular complexity index is 1150. The van der Waals surface area contributed by atoms with Crippen molar-refractivity contribution >= 4 is 28.7 Å². The first-order valence-electron chi connectivity index (χ1n) is 15.5. The number of para-hydroxylation sites is 1. The normalized spacial score (nSPS) is 22.9. The lowest BCUT2D eigenvalue weighted by molar-refractivity contribution is -0.146. The number of carbonyl (C=O) groups is 3. The van der Waals surface area contributed by atoms with Gasteiger partial charge in [-0.3, -0.25) is 14.9 Å². The topological polar surface area (TPSA) is 122 Å². The van der Waals surface area contributed by atoms with E-state index in [2.05, 4.69) is 20.9 Å². The number of fused-ring (bicyclic) bond motifs is 1. The molecule has 1 aromatic heterocycles. The Kier molecular flexibility index (Phi) is 9.98. The zero-order chi connectivity index (χ0) is 28.7. The van der Waals surface area contributed by atoms with Crippen LogP contribution in [0.4, 0.5) is 0 Å². The van der Waals surface area contributed by atoms with Gasteiger partial charge in [0.05, 0.1) is 20.4 Å². The SMILES string of the molecule is COC(=O)C(CC1COCNC2(CCCCC2)C1)NC(=O)[C@H](CC1CCCCC1)NC(=O)c1cc2ccccc2[nH]1. The molecule has 2 aromatic rings. The molecule has 2 saturated carbocycles. The van der Waals surface area contributed by atoms with E-state index in [9.17, 15) is 14.4 Å². The van der Waals surface area contributed by atoms with Crippen LogP contribution in [0.25, 0.3) is 10.9 Å². The molecule has 41 heavy (non-hydrogen) atoms. The first-order chi connectivity index (χ1) is 19.9. The summed E-state index contributed by atoms with van der Waals surface area (Å²) in [7, 11) is 1.35. The van der Waals surface area contributed by atoms with E-state index in [4.69, 9.17) is 9.47 Å². The molecule has 1 saturated heterocycles. The summed E-state index contributed by atoms with van der Waals surface area (Å²) in [6.07, 6.45) is 13.3. The highest BCUT2D eigenvalue weighted by molar-refractivity contribution is 6.00. The second kappa shape index (κ2) is 13.8. The van der Waals surface area contributed by atoms with Gasteiger partial charge in [0.25, 0.3) is 5.91 Å². The van der Waals surface area contributed by atoms with Gasteiger partial charge in [-0.2, -0.15) is 0 Å². The molecule has 5 rings (SSSR count). The predicted molar refractivity (Wildman–Crippen MR) is 157 cm³/mol. The molecule has 0 bridgehead atoms. The van der Waals surface area contributed by atoms with Gasteiger partial charge in [0.1, 0.15) is 17.8 Å². The highest BCUT2D eigenvalue weighted by Crippen LogP contribution is 2.36. The van der Waals surface area contributed by atoms with Gasteiger partial charge in [0.15, 0.2) is 0 Å². The van der Waals surface area contributed by atoms with Gasteiger partial charge in [-0.1, -0.05) is 69.6 Å². The number of amides is 2. The molecule has 2 aliphatic carbocycles. The Morgan fingerprint density at radius 3 is 2.46 bits per heavy atom. The van der Waals surface area contributed by atoms with Crippen molar-refractivity contribution in [2.45, 2.75) is 101 Å². The molecular weight excluding hydrogens is 520 g/mol. The number of methoxy groups -OCH3 is 1. The third kappa shape index (κ3) is 7.68. The van der Waals surface area contributed by atoms with Gasteiger partial charge >= 0.3 is 5.97 Å². The fourth-order valence-corrected chi connectivity index (χ4v) is 7.26. The maximum atomic E-state index is 13.8. The quantitative estimate of drug-likeness (QED) is 0.330. The van der Waals surface area contributed by atoms with Gasteiger partial charge in [-0.05, 0) is 56.1 Å². The summed E-state index contributed by atoms with van der Waals surface area (Å²) in [5.74, 6) is -0.673. The molecule has 0 radical (unpaired) electrons. The van der Waals surface area contributed by atoms with Crippen molar-refractivity contribution in [3.63, 3.8) is 0 Å². The molecule has 1 aliphatic heterocycles. The zero-order valence-corrected chi connectivity index (χ0v) is 24.3. The fourth-order valence-electron chi connectivity index (χ4n) is 7.26. The van der Waals surface area contributed by atoms with Crippen LogP contribution in [0, 0.1) is 11.8 Å². The van der Waals surface area contributed by atoms with Crippen molar-refractivity contribution in [2.75, 3.05) is 20.4 Å². The van der Waals surface area contributed by atoms with Crippen LogP contribution in [0.3, 0.4) is 0 Å². The van der Waals surface area contributed by atoms with E-state index in [1.165, 1.54) is 32.8 Å². The van der Waals surface area contributed by atoms with Gasteiger partial charge in [-0.25, -0.2) is 4.79 Å². The molecule has 2 amide bonds. The zero-order valence-electron chi connectivity index (χ0n) is 24.3. The monoisotopic (exact) mass is 566 g/mol. The van der Waals surface area contributed by atoms with E-state index in [1.54, 1.807) is 6.07 Å². The van der Waals surface area contributed by atoms with Crippen LogP contribution >= 0.6 is 0 Å². The van der Waals surface area contributed by atoms with Crippen LogP contribution in [-0.4, -0.2) is 60.8 Å². The number of carbonyl (C=O) groups excluding carboxylic acids is 3. The molecule has 4 N–H and O–H groups in total. The number of aromatic nitrogens is 1. The lowest BCUT2D eigenvalue weighted by atomic mass is 9.75. The Balaban J connectivity index is 1.29. The Morgan fingerprint density at radius 2 is 1.71 bits per heavy atom. The number of nitrogens with one attached hydrogen (secondary N) is 4. The van der Waals surface area contributed by atoms with Crippen LogP contribution < -0.4 is 16.0 Å². The summed E-state index contributed by atoms with van der Waals surface area (Å²) in [4.78, 5) is 43.2. The van der Waals surface area contributed by atoms with Crippen LogP contribution in [-0.2, 0) is 19.1 Å². The molecule has 3 fully saturated rings. The maximum absolute atomic E-state index is 13.8. The lowest BCUT2D eigenvalue weighted by Gasteiger charge is -2.39. The third-order valence-electron chi connectivity index (χ3n) is 9.45. The van der Waals surface area contributed by atoms with Crippen molar-refractivity contribution < 1.29 is 23.9 Å². The largest absolute Gasteiger partial charge is 0.467 e. The highest BCUT2D eigenvalue weighted by Gasteiger charge is 2.38. The summed E-state index contributed by atoms with van der Waals surface area (Å²) < 4.78 is 11.0. The van der Waals surface area contributed by atoms with Crippen molar-refractivity contribution in [3.8, 4) is 0 Å². The number of aromatic amines is 1. The second-order valence-corrected chi connectivity index (χ2v) is 12.5. The minimum Gasteiger partial charge on any atom is -0.467 e. The third-order valence-corrected chi connectivity index (χ3v) is 9.45. The number of benzene rings is 1. The predicted octanol–water partition coefficient (Wildman–Crippen LogP) is 4.57. The number of ether oxygens (including phenoxy) is 2. The lowest BCUT2D eigenvalue weighted by Crippen LogP contribution is -2.53. The van der Waals surface area contributed by atoms with Crippen LogP contribution in [0.15, 0.2) is 30.3 Å². The summed E-state index contributed by atoms with van der Waals surface area (Å²) in [6, 6.07) is 7.95. The smallest absolute Gasteiger partial charge is 0.328 e. The second-order valence-electron chi connectivity index (χ2n) is 12.5. The van der Waals surface area contributed by atoms with Crippen LogP contribution in [0.1, 0.15) is 94.0 Å². The van der Waals surface area contributed by atoms with E-state index in [0.717, 1.165) is 55.8 Å². The molecule has 1 spiro atoms. The average molecular weight is 567 g/mol. The summed E-state index contributed by atoms with van der Waals surface area (Å²) >= 11 is 0.